The molecule has 158 valence electrons. The van der Waals surface area contributed by atoms with E-state index in [9.17, 15) is 4.79 Å². The van der Waals surface area contributed by atoms with Crippen molar-refractivity contribution in [3.8, 4) is 5.75 Å². The molecule has 0 aromatic heterocycles. The highest BCUT2D eigenvalue weighted by molar-refractivity contribution is 6.12. The molecule has 0 unspecified atom stereocenters. The van der Waals surface area contributed by atoms with E-state index in [1.165, 1.54) is 0 Å². The largest absolute Gasteiger partial charge is 0.494 e. The Balaban J connectivity index is 1.61. The molecule has 3 aromatic carbocycles. The van der Waals surface area contributed by atoms with Crippen LogP contribution < -0.4 is 4.74 Å². The highest BCUT2D eigenvalue weighted by Crippen LogP contribution is 2.43. The first-order valence-electron chi connectivity index (χ1n) is 10.9. The number of carbonyl (C=O) groups excluding carboxylic acids is 1. The summed E-state index contributed by atoms with van der Waals surface area (Å²) in [7, 11) is 0. The van der Waals surface area contributed by atoms with Crippen LogP contribution in [0.3, 0.4) is 0 Å². The molecular formula is C27H28N2O2. The highest BCUT2D eigenvalue weighted by atomic mass is 16.5. The second-order valence-electron chi connectivity index (χ2n) is 8.00. The molecule has 1 aliphatic heterocycles. The summed E-state index contributed by atoms with van der Waals surface area (Å²) in [6.07, 6.45) is 2.49. The Hall–Kier alpha value is -3.40. The van der Waals surface area contributed by atoms with Crippen molar-refractivity contribution < 1.29 is 9.53 Å². The molecule has 1 saturated heterocycles. The van der Waals surface area contributed by atoms with Gasteiger partial charge in [-0.1, -0.05) is 86.1 Å². The minimum absolute atomic E-state index is 0.0434. The summed E-state index contributed by atoms with van der Waals surface area (Å²) in [5.41, 5.74) is 1.98. The van der Waals surface area contributed by atoms with Crippen LogP contribution in [0, 0.1) is 5.41 Å². The van der Waals surface area contributed by atoms with Crippen LogP contribution in [0.1, 0.15) is 42.9 Å². The lowest BCUT2D eigenvalue weighted by atomic mass is 9.73. The van der Waals surface area contributed by atoms with Crippen LogP contribution in [0.4, 0.5) is 0 Å². The van der Waals surface area contributed by atoms with Gasteiger partial charge in [-0.2, -0.15) is 0 Å². The third-order valence-corrected chi connectivity index (χ3v) is 5.93. The Bertz CT molecular complexity index is 990. The summed E-state index contributed by atoms with van der Waals surface area (Å²) in [6, 6.07) is 27.5. The van der Waals surface area contributed by atoms with Crippen molar-refractivity contribution in [1.29, 1.82) is 5.41 Å². The smallest absolute Gasteiger partial charge is 0.243 e. The number of unbranched alkanes of at least 4 members (excludes halogenated alkanes) is 1. The van der Waals surface area contributed by atoms with E-state index in [0.29, 0.717) is 25.4 Å². The van der Waals surface area contributed by atoms with E-state index >= 15 is 0 Å². The Labute approximate surface area is 184 Å². The van der Waals surface area contributed by atoms with Gasteiger partial charge in [0.1, 0.15) is 17.0 Å². The molecular weight excluding hydrogens is 384 g/mol. The van der Waals surface area contributed by atoms with Crippen LogP contribution in [0.15, 0.2) is 84.9 Å². The van der Waals surface area contributed by atoms with Gasteiger partial charge in [0.25, 0.3) is 0 Å². The minimum Gasteiger partial charge on any atom is -0.494 e. The van der Waals surface area contributed by atoms with Crippen molar-refractivity contribution in [3.63, 3.8) is 0 Å². The van der Waals surface area contributed by atoms with E-state index in [1.807, 2.05) is 84.9 Å². The first kappa shape index (κ1) is 20.9. The zero-order valence-electron chi connectivity index (χ0n) is 17.9. The van der Waals surface area contributed by atoms with Gasteiger partial charge in [-0.3, -0.25) is 15.1 Å². The predicted octanol–water partition coefficient (Wildman–Crippen LogP) is 5.56. The Morgan fingerprint density at radius 3 is 2.03 bits per heavy atom. The molecule has 0 bridgehead atoms. The summed E-state index contributed by atoms with van der Waals surface area (Å²) in [5, 5.41) is 8.67. The molecule has 4 nitrogen and oxygen atoms in total. The molecule has 4 rings (SSSR count). The number of hydrogen-bond acceptors (Lipinski definition) is 3. The van der Waals surface area contributed by atoms with Crippen molar-refractivity contribution >= 4 is 11.7 Å². The number of amidine groups is 1. The van der Waals surface area contributed by atoms with Crippen molar-refractivity contribution in [2.75, 3.05) is 6.61 Å². The van der Waals surface area contributed by atoms with E-state index in [-0.39, 0.29) is 5.91 Å². The van der Waals surface area contributed by atoms with E-state index in [4.69, 9.17) is 10.1 Å². The molecule has 1 fully saturated rings. The summed E-state index contributed by atoms with van der Waals surface area (Å²) in [6.45, 7) is 3.23. The lowest BCUT2D eigenvalue weighted by molar-refractivity contribution is -0.130. The molecule has 0 spiro atoms. The topological polar surface area (TPSA) is 53.4 Å². The van der Waals surface area contributed by atoms with Crippen LogP contribution >= 0.6 is 0 Å². The highest BCUT2D eigenvalue weighted by Gasteiger charge is 2.52. The van der Waals surface area contributed by atoms with Gasteiger partial charge in [-0.05, 0) is 35.2 Å². The van der Waals surface area contributed by atoms with E-state index in [1.54, 1.807) is 4.90 Å². The molecule has 1 heterocycles. The van der Waals surface area contributed by atoms with Crippen LogP contribution in [0.25, 0.3) is 0 Å². The lowest BCUT2D eigenvalue weighted by Crippen LogP contribution is -2.39. The van der Waals surface area contributed by atoms with Gasteiger partial charge in [-0.25, -0.2) is 0 Å². The Morgan fingerprint density at radius 2 is 1.48 bits per heavy atom. The lowest BCUT2D eigenvalue weighted by Gasteiger charge is -2.28. The number of likely N-dealkylation sites (tertiary alicyclic amines) is 1. The maximum absolute atomic E-state index is 13.8. The monoisotopic (exact) mass is 412 g/mol. The van der Waals surface area contributed by atoms with Crippen LogP contribution in [-0.2, 0) is 16.8 Å². The number of carbonyl (C=O) groups is 1. The van der Waals surface area contributed by atoms with E-state index in [2.05, 4.69) is 6.92 Å². The third-order valence-electron chi connectivity index (χ3n) is 5.93. The summed E-state index contributed by atoms with van der Waals surface area (Å²) in [5.74, 6) is 1.14. The maximum atomic E-state index is 13.8. The van der Waals surface area contributed by atoms with Crippen molar-refractivity contribution in [2.24, 2.45) is 0 Å². The molecule has 31 heavy (non-hydrogen) atoms. The van der Waals surface area contributed by atoms with Gasteiger partial charge in [0, 0.05) is 6.42 Å². The van der Waals surface area contributed by atoms with Gasteiger partial charge in [0.15, 0.2) is 0 Å². The number of ether oxygens (including phenoxy) is 1. The molecule has 0 atom stereocenters. The van der Waals surface area contributed by atoms with Gasteiger partial charge >= 0.3 is 0 Å². The molecule has 0 saturated carbocycles. The maximum Gasteiger partial charge on any atom is 0.243 e. The Kier molecular flexibility index (Phi) is 6.17. The first-order chi connectivity index (χ1) is 15.1. The molecule has 1 aliphatic rings. The number of nitrogens with one attached hydrogen (secondary N) is 1. The summed E-state index contributed by atoms with van der Waals surface area (Å²) in [4.78, 5) is 15.5. The molecule has 4 heteroatoms. The SMILES string of the molecule is CCCCOc1ccc(CN2C(=N)CC(c3ccccc3)(c3ccccc3)C2=O)cc1. The first-order valence-corrected chi connectivity index (χ1v) is 10.9. The van der Waals surface area contributed by atoms with E-state index < -0.39 is 5.41 Å². The Morgan fingerprint density at radius 1 is 0.903 bits per heavy atom. The zero-order valence-corrected chi connectivity index (χ0v) is 17.9. The average molecular weight is 413 g/mol. The van der Waals surface area contributed by atoms with Crippen molar-refractivity contribution in [1.82, 2.24) is 4.90 Å². The molecule has 3 aromatic rings. The van der Waals surface area contributed by atoms with Crippen molar-refractivity contribution in [2.45, 2.75) is 38.1 Å². The molecule has 0 radical (unpaired) electrons. The second-order valence-corrected chi connectivity index (χ2v) is 8.00. The fourth-order valence-electron chi connectivity index (χ4n) is 4.21. The molecule has 1 amide bonds. The zero-order chi connectivity index (χ0) is 21.7. The number of hydrogen-bond donors (Lipinski definition) is 1. The average Bonchev–Trinajstić information content (AvgIpc) is 3.07. The number of rotatable bonds is 8. The van der Waals surface area contributed by atoms with Crippen molar-refractivity contribution in [3.05, 3.63) is 102 Å². The van der Waals surface area contributed by atoms with Crippen LogP contribution in [-0.4, -0.2) is 23.2 Å². The summed E-state index contributed by atoms with van der Waals surface area (Å²) < 4.78 is 5.74. The molecule has 0 aliphatic carbocycles. The van der Waals surface area contributed by atoms with Gasteiger partial charge < -0.3 is 4.74 Å². The normalized spacial score (nSPS) is 15.3. The number of benzene rings is 3. The fraction of sp³-hybridized carbons (Fsp3) is 0.259. The second kappa shape index (κ2) is 9.17. The number of nitrogens with zero attached hydrogens (tertiary/aromatic N) is 1. The van der Waals surface area contributed by atoms with Gasteiger partial charge in [0.05, 0.1) is 13.2 Å². The van der Waals surface area contributed by atoms with Gasteiger partial charge in [-0.15, -0.1) is 0 Å². The summed E-state index contributed by atoms with van der Waals surface area (Å²) >= 11 is 0. The van der Waals surface area contributed by atoms with Crippen LogP contribution in [0.5, 0.6) is 5.75 Å². The standard InChI is InChI=1S/C27H28N2O2/c1-2-3-18-31-24-16-14-21(15-17-24)20-29-25(28)19-27(26(29)30,22-10-6-4-7-11-22)23-12-8-5-9-13-23/h4-17,28H,2-3,18-20H2,1H3. The predicted molar refractivity (Wildman–Crippen MR) is 123 cm³/mol. The third kappa shape index (κ3) is 4.11. The quantitative estimate of drug-likeness (QED) is 0.492. The molecule has 1 N–H and O–H groups in total. The van der Waals surface area contributed by atoms with Crippen LogP contribution in [0.2, 0.25) is 0 Å². The minimum atomic E-state index is -0.858. The fourth-order valence-corrected chi connectivity index (χ4v) is 4.21. The van der Waals surface area contributed by atoms with Gasteiger partial charge in [0.2, 0.25) is 5.91 Å². The van der Waals surface area contributed by atoms with E-state index in [0.717, 1.165) is 35.3 Å². The number of amides is 1.